The summed E-state index contributed by atoms with van der Waals surface area (Å²) in [5, 5.41) is 13.5. The number of anilines is 1. The average Bonchev–Trinajstić information content (AvgIpc) is 3.24. The van der Waals surface area contributed by atoms with E-state index in [2.05, 4.69) is 10.00 Å². The van der Waals surface area contributed by atoms with Crippen LogP contribution >= 0.6 is 0 Å². The lowest BCUT2D eigenvalue weighted by Crippen LogP contribution is -2.15. The van der Waals surface area contributed by atoms with E-state index in [1.807, 2.05) is 44.4 Å². The summed E-state index contributed by atoms with van der Waals surface area (Å²) in [5.74, 6) is 1.04. The highest BCUT2D eigenvalue weighted by molar-refractivity contribution is 5.86. The van der Waals surface area contributed by atoms with Gasteiger partial charge in [-0.15, -0.1) is 5.10 Å². The number of nitrogens with two attached hydrogens (primary N) is 1. The lowest BCUT2D eigenvalue weighted by atomic mass is 10.2. The number of carbonyl (C=O) groups is 1. The highest BCUT2D eigenvalue weighted by Gasteiger charge is 2.15. The SMILES string of the molecule is CN(C)CCCOc1cc(C(=O)O)n(Cc2ccccc2)n1.COc1cc(N)cc(OC)c1OC. The molecule has 0 aliphatic rings. The Morgan fingerprint density at radius 3 is 2.17 bits per heavy atom. The minimum atomic E-state index is -1.01. The molecule has 1 heterocycles. The highest BCUT2D eigenvalue weighted by Crippen LogP contribution is 2.38. The van der Waals surface area contributed by atoms with Crippen LogP contribution in [0.15, 0.2) is 48.5 Å². The van der Waals surface area contributed by atoms with Crippen molar-refractivity contribution >= 4 is 11.7 Å². The Hall–Kier alpha value is -3.92. The molecule has 0 saturated carbocycles. The van der Waals surface area contributed by atoms with Crippen molar-refractivity contribution in [2.45, 2.75) is 13.0 Å². The topological polar surface area (TPSA) is 121 Å². The molecule has 0 bridgehead atoms. The van der Waals surface area contributed by atoms with Crippen LogP contribution in [0, 0.1) is 0 Å². The fraction of sp³-hybridized carbons (Fsp3) is 0.360. The van der Waals surface area contributed by atoms with Crippen molar-refractivity contribution < 1.29 is 28.8 Å². The monoisotopic (exact) mass is 486 g/mol. The smallest absolute Gasteiger partial charge is 0.354 e. The molecule has 2 aromatic carbocycles. The van der Waals surface area contributed by atoms with Crippen LogP contribution in [0.25, 0.3) is 0 Å². The van der Waals surface area contributed by atoms with Crippen molar-refractivity contribution in [3.8, 4) is 23.1 Å². The van der Waals surface area contributed by atoms with Gasteiger partial charge in [-0.25, -0.2) is 9.48 Å². The Morgan fingerprint density at radius 2 is 1.66 bits per heavy atom. The number of carboxylic acids is 1. The zero-order chi connectivity index (χ0) is 25.8. The molecule has 3 rings (SSSR count). The molecule has 0 unspecified atom stereocenters. The Balaban J connectivity index is 0.000000283. The van der Waals surface area contributed by atoms with E-state index in [1.54, 1.807) is 33.5 Å². The van der Waals surface area contributed by atoms with Gasteiger partial charge in [-0.1, -0.05) is 30.3 Å². The molecule has 0 radical (unpaired) electrons. The zero-order valence-electron chi connectivity index (χ0n) is 20.9. The van der Waals surface area contributed by atoms with E-state index in [4.69, 9.17) is 24.7 Å². The van der Waals surface area contributed by atoms with Crippen molar-refractivity contribution in [2.75, 3.05) is 54.3 Å². The van der Waals surface area contributed by atoms with E-state index in [-0.39, 0.29) is 5.69 Å². The van der Waals surface area contributed by atoms with Crippen LogP contribution in [0.1, 0.15) is 22.5 Å². The second-order valence-electron chi connectivity index (χ2n) is 7.78. The molecule has 10 nitrogen and oxygen atoms in total. The van der Waals surface area contributed by atoms with E-state index in [0.717, 1.165) is 18.5 Å². The zero-order valence-corrected chi connectivity index (χ0v) is 20.9. The number of methoxy groups -OCH3 is 3. The summed E-state index contributed by atoms with van der Waals surface area (Å²) >= 11 is 0. The third kappa shape index (κ3) is 8.42. The number of aromatic nitrogens is 2. The Kier molecular flexibility index (Phi) is 10.7. The third-order valence-electron chi connectivity index (χ3n) is 4.84. The van der Waals surface area contributed by atoms with Gasteiger partial charge in [-0.3, -0.25) is 0 Å². The predicted molar refractivity (Wildman–Crippen MR) is 134 cm³/mol. The van der Waals surface area contributed by atoms with Gasteiger partial charge in [0.15, 0.2) is 17.2 Å². The maximum Gasteiger partial charge on any atom is 0.354 e. The second-order valence-corrected chi connectivity index (χ2v) is 7.78. The number of aromatic carboxylic acids is 1. The van der Waals surface area contributed by atoms with Crippen LogP contribution in [0.4, 0.5) is 5.69 Å². The molecule has 0 fully saturated rings. The van der Waals surface area contributed by atoms with E-state index in [9.17, 15) is 9.90 Å². The van der Waals surface area contributed by atoms with Crippen molar-refractivity contribution in [3.05, 3.63) is 59.8 Å². The lowest BCUT2D eigenvalue weighted by Gasteiger charge is -2.12. The summed E-state index contributed by atoms with van der Waals surface area (Å²) in [6.45, 7) is 1.83. The van der Waals surface area contributed by atoms with Gasteiger partial charge in [0.2, 0.25) is 11.6 Å². The second kappa shape index (κ2) is 13.7. The molecule has 190 valence electrons. The van der Waals surface area contributed by atoms with Gasteiger partial charge in [-0.2, -0.15) is 0 Å². The van der Waals surface area contributed by atoms with Crippen molar-refractivity contribution in [3.63, 3.8) is 0 Å². The van der Waals surface area contributed by atoms with E-state index in [1.165, 1.54) is 10.7 Å². The maximum absolute atomic E-state index is 11.3. The van der Waals surface area contributed by atoms with Crippen molar-refractivity contribution in [1.82, 2.24) is 14.7 Å². The molecule has 0 atom stereocenters. The Morgan fingerprint density at radius 1 is 1.03 bits per heavy atom. The first-order valence-corrected chi connectivity index (χ1v) is 11.0. The van der Waals surface area contributed by atoms with Gasteiger partial charge in [-0.05, 0) is 26.1 Å². The Labute approximate surface area is 205 Å². The maximum atomic E-state index is 11.3. The molecule has 0 saturated heterocycles. The van der Waals surface area contributed by atoms with E-state index in [0.29, 0.717) is 42.0 Å². The lowest BCUT2D eigenvalue weighted by molar-refractivity contribution is 0.0684. The summed E-state index contributed by atoms with van der Waals surface area (Å²) in [6, 6.07) is 14.5. The van der Waals surface area contributed by atoms with Gasteiger partial charge < -0.3 is 34.7 Å². The summed E-state index contributed by atoms with van der Waals surface area (Å²) in [6.07, 6.45) is 0.862. The number of benzene rings is 2. The number of nitrogen functional groups attached to an aromatic ring is 1. The summed E-state index contributed by atoms with van der Waals surface area (Å²) in [5.41, 5.74) is 7.32. The molecule has 0 aliphatic carbocycles. The van der Waals surface area contributed by atoms with Gasteiger partial charge in [0.25, 0.3) is 0 Å². The summed E-state index contributed by atoms with van der Waals surface area (Å²) in [4.78, 5) is 13.4. The van der Waals surface area contributed by atoms with Gasteiger partial charge >= 0.3 is 5.97 Å². The summed E-state index contributed by atoms with van der Waals surface area (Å²) < 4.78 is 22.3. The van der Waals surface area contributed by atoms with E-state index >= 15 is 0 Å². The normalized spacial score (nSPS) is 10.3. The fourth-order valence-corrected chi connectivity index (χ4v) is 3.17. The first-order chi connectivity index (χ1) is 16.8. The van der Waals surface area contributed by atoms with Crippen molar-refractivity contribution in [2.24, 2.45) is 0 Å². The first kappa shape index (κ1) is 27.3. The van der Waals surface area contributed by atoms with Gasteiger partial charge in [0.05, 0.1) is 34.5 Å². The minimum Gasteiger partial charge on any atom is -0.493 e. The standard InChI is InChI=1S/C16H21N3O3.C9H13NO3/c1-18(2)9-6-10-22-15-11-14(16(20)21)19(17-15)12-13-7-4-3-5-8-13;1-11-7-4-6(10)5-8(12-2)9(7)13-3/h3-5,7-8,11H,6,9-10,12H2,1-2H3,(H,20,21);4-5H,10H2,1-3H3. The first-order valence-electron chi connectivity index (χ1n) is 11.0. The molecule has 0 aliphatic heterocycles. The number of ether oxygens (including phenoxy) is 4. The fourth-order valence-electron chi connectivity index (χ4n) is 3.17. The molecule has 1 aromatic heterocycles. The molecular formula is C25H34N4O6. The molecule has 0 amide bonds. The average molecular weight is 487 g/mol. The van der Waals surface area contributed by atoms with Crippen LogP contribution < -0.4 is 24.7 Å². The third-order valence-corrected chi connectivity index (χ3v) is 4.84. The molecular weight excluding hydrogens is 452 g/mol. The predicted octanol–water partition coefficient (Wildman–Crippen LogP) is 3.25. The molecule has 0 spiro atoms. The molecule has 35 heavy (non-hydrogen) atoms. The van der Waals surface area contributed by atoms with Crippen LogP contribution in [0.2, 0.25) is 0 Å². The highest BCUT2D eigenvalue weighted by atomic mass is 16.5. The van der Waals surface area contributed by atoms with Gasteiger partial charge in [0.1, 0.15) is 0 Å². The number of hydrogen-bond acceptors (Lipinski definition) is 8. The largest absolute Gasteiger partial charge is 0.493 e. The molecule has 3 aromatic rings. The van der Waals surface area contributed by atoms with Crippen LogP contribution in [0.5, 0.6) is 23.1 Å². The minimum absolute atomic E-state index is 0.131. The number of nitrogens with zero attached hydrogens (tertiary/aromatic N) is 3. The quantitative estimate of drug-likeness (QED) is 0.311. The van der Waals surface area contributed by atoms with Gasteiger partial charge in [0, 0.05) is 30.4 Å². The number of rotatable bonds is 11. The van der Waals surface area contributed by atoms with Crippen LogP contribution in [-0.2, 0) is 6.54 Å². The van der Waals surface area contributed by atoms with Crippen LogP contribution in [0.3, 0.4) is 0 Å². The number of hydrogen-bond donors (Lipinski definition) is 2. The van der Waals surface area contributed by atoms with Crippen LogP contribution in [-0.4, -0.2) is 74.3 Å². The number of carboxylic acid groups (broad SMARTS) is 1. The Bertz CT molecular complexity index is 1040. The molecule has 10 heteroatoms. The summed E-state index contributed by atoms with van der Waals surface area (Å²) in [7, 11) is 8.65. The van der Waals surface area contributed by atoms with Crippen molar-refractivity contribution in [1.29, 1.82) is 0 Å². The molecule has 3 N–H and O–H groups in total. The van der Waals surface area contributed by atoms with E-state index < -0.39 is 5.97 Å².